The second-order valence-corrected chi connectivity index (χ2v) is 7.37. The van der Waals surface area contributed by atoms with Crippen molar-refractivity contribution < 1.29 is 4.79 Å². The van der Waals surface area contributed by atoms with Crippen LogP contribution in [0, 0.1) is 11.8 Å². The number of halogens is 1. The Morgan fingerprint density at radius 3 is 2.31 bits per heavy atom. The number of aliphatic imine (C=N–C) groups is 1. The van der Waals surface area contributed by atoms with Gasteiger partial charge in [0.15, 0.2) is 5.96 Å². The molecule has 2 rings (SSSR count). The van der Waals surface area contributed by atoms with E-state index in [4.69, 9.17) is 0 Å². The van der Waals surface area contributed by atoms with Gasteiger partial charge < -0.3 is 16.0 Å². The van der Waals surface area contributed by atoms with Crippen LogP contribution in [0.2, 0.25) is 0 Å². The molecule has 0 aliphatic heterocycles. The first kappa shape index (κ1) is 22.7. The van der Waals surface area contributed by atoms with E-state index in [2.05, 4.69) is 27.9 Å². The van der Waals surface area contributed by atoms with E-state index in [0.29, 0.717) is 12.6 Å². The summed E-state index contributed by atoms with van der Waals surface area (Å²) >= 11 is 0. The minimum Gasteiger partial charge on any atom is -0.354 e. The Bertz CT molecular complexity index is 578. The summed E-state index contributed by atoms with van der Waals surface area (Å²) in [5, 5.41) is 9.81. The van der Waals surface area contributed by atoms with Gasteiger partial charge in [-0.15, -0.1) is 24.0 Å². The van der Waals surface area contributed by atoms with Crippen molar-refractivity contribution in [3.63, 3.8) is 0 Å². The maximum atomic E-state index is 11.7. The van der Waals surface area contributed by atoms with Crippen molar-refractivity contribution in [1.82, 2.24) is 10.6 Å². The molecule has 1 fully saturated rings. The third kappa shape index (κ3) is 7.51. The number of carbonyl (C=O) groups excluding carboxylic acids is 1. The maximum absolute atomic E-state index is 11.7. The molecule has 1 aromatic rings. The van der Waals surface area contributed by atoms with E-state index in [-0.39, 0.29) is 35.8 Å². The highest BCUT2D eigenvalue weighted by Gasteiger charge is 2.18. The molecule has 1 amide bonds. The Balaban J connectivity index is 0.00000338. The summed E-state index contributed by atoms with van der Waals surface area (Å²) < 4.78 is 0. The Hall–Kier alpha value is -1.31. The maximum Gasteiger partial charge on any atom is 0.226 e. The van der Waals surface area contributed by atoms with Gasteiger partial charge in [-0.3, -0.25) is 9.79 Å². The van der Waals surface area contributed by atoms with Crippen LogP contribution in [0.1, 0.15) is 52.0 Å². The lowest BCUT2D eigenvalue weighted by molar-refractivity contribution is -0.118. The molecule has 6 heteroatoms. The molecule has 0 spiro atoms. The second kappa shape index (κ2) is 11.4. The lowest BCUT2D eigenvalue weighted by Gasteiger charge is -2.28. The van der Waals surface area contributed by atoms with Gasteiger partial charge in [0.2, 0.25) is 5.91 Å². The topological polar surface area (TPSA) is 65.5 Å². The first-order valence-corrected chi connectivity index (χ1v) is 9.35. The first-order valence-electron chi connectivity index (χ1n) is 9.35. The van der Waals surface area contributed by atoms with Crippen LogP contribution in [0.5, 0.6) is 0 Å². The molecule has 0 aromatic heterocycles. The number of hydrogen-bond donors (Lipinski definition) is 3. The SMILES string of the molecule is CN=C(NCc1ccc(NC(=O)C(C)C)cc1)NC1CCC(C)CC1.I. The zero-order valence-corrected chi connectivity index (χ0v) is 18.7. The van der Waals surface area contributed by atoms with Crippen molar-refractivity contribution in [1.29, 1.82) is 0 Å². The highest BCUT2D eigenvalue weighted by molar-refractivity contribution is 14.0. The number of amides is 1. The molecule has 0 unspecified atom stereocenters. The summed E-state index contributed by atoms with van der Waals surface area (Å²) in [6.07, 6.45) is 5.01. The number of carbonyl (C=O) groups is 1. The van der Waals surface area contributed by atoms with Crippen molar-refractivity contribution in [3.8, 4) is 0 Å². The van der Waals surface area contributed by atoms with Gasteiger partial charge in [0.25, 0.3) is 0 Å². The van der Waals surface area contributed by atoms with Gasteiger partial charge in [-0.2, -0.15) is 0 Å². The molecule has 0 radical (unpaired) electrons. The molecule has 0 saturated heterocycles. The first-order chi connectivity index (χ1) is 12.0. The summed E-state index contributed by atoms with van der Waals surface area (Å²) in [5.41, 5.74) is 1.99. The van der Waals surface area contributed by atoms with Crippen LogP contribution < -0.4 is 16.0 Å². The second-order valence-electron chi connectivity index (χ2n) is 7.37. The lowest BCUT2D eigenvalue weighted by Crippen LogP contribution is -2.44. The molecule has 5 nitrogen and oxygen atoms in total. The van der Waals surface area contributed by atoms with Crippen molar-refractivity contribution >= 4 is 41.5 Å². The third-order valence-corrected chi connectivity index (χ3v) is 4.79. The number of benzene rings is 1. The average Bonchev–Trinajstić information content (AvgIpc) is 2.61. The lowest BCUT2D eigenvalue weighted by atomic mass is 9.87. The van der Waals surface area contributed by atoms with Crippen molar-refractivity contribution in [2.45, 2.75) is 59.0 Å². The Labute approximate surface area is 174 Å². The monoisotopic (exact) mass is 472 g/mol. The zero-order valence-electron chi connectivity index (χ0n) is 16.3. The molecular formula is C20H33IN4O. The molecule has 1 saturated carbocycles. The van der Waals surface area contributed by atoms with E-state index < -0.39 is 0 Å². The molecule has 26 heavy (non-hydrogen) atoms. The number of guanidine groups is 1. The Morgan fingerprint density at radius 2 is 1.77 bits per heavy atom. The van der Waals surface area contributed by atoms with Crippen molar-refractivity contribution in [2.75, 3.05) is 12.4 Å². The average molecular weight is 472 g/mol. The fourth-order valence-corrected chi connectivity index (χ4v) is 2.97. The number of rotatable bonds is 5. The molecule has 1 aliphatic rings. The van der Waals surface area contributed by atoms with Gasteiger partial charge in [0.05, 0.1) is 0 Å². The summed E-state index contributed by atoms with van der Waals surface area (Å²) in [6, 6.07) is 8.46. The van der Waals surface area contributed by atoms with E-state index in [0.717, 1.165) is 23.1 Å². The van der Waals surface area contributed by atoms with E-state index >= 15 is 0 Å². The number of nitrogens with zero attached hydrogens (tertiary/aromatic N) is 1. The van der Waals surface area contributed by atoms with E-state index in [1.807, 2.05) is 45.2 Å². The third-order valence-electron chi connectivity index (χ3n) is 4.79. The van der Waals surface area contributed by atoms with E-state index in [1.54, 1.807) is 0 Å². The molecule has 3 N–H and O–H groups in total. The molecule has 1 aromatic carbocycles. The molecular weight excluding hydrogens is 439 g/mol. The fraction of sp³-hybridized carbons (Fsp3) is 0.600. The van der Waals surface area contributed by atoms with Crippen molar-refractivity contribution in [2.24, 2.45) is 16.8 Å². The van der Waals surface area contributed by atoms with Crippen LogP contribution >= 0.6 is 24.0 Å². The van der Waals surface area contributed by atoms with Crippen LogP contribution in [-0.2, 0) is 11.3 Å². The number of hydrogen-bond acceptors (Lipinski definition) is 2. The summed E-state index contributed by atoms with van der Waals surface area (Å²) in [7, 11) is 1.81. The van der Waals surface area contributed by atoms with E-state index in [9.17, 15) is 4.79 Å². The minimum atomic E-state index is -0.0153. The van der Waals surface area contributed by atoms with Crippen LogP contribution in [0.4, 0.5) is 5.69 Å². The summed E-state index contributed by atoms with van der Waals surface area (Å²) in [6.45, 7) is 6.82. The smallest absolute Gasteiger partial charge is 0.226 e. The summed E-state index contributed by atoms with van der Waals surface area (Å²) in [5.74, 6) is 1.73. The van der Waals surface area contributed by atoms with Gasteiger partial charge >= 0.3 is 0 Å². The van der Waals surface area contributed by atoms with Crippen LogP contribution in [0.15, 0.2) is 29.3 Å². The van der Waals surface area contributed by atoms with Gasteiger partial charge in [-0.05, 0) is 49.3 Å². The highest BCUT2D eigenvalue weighted by Crippen LogP contribution is 2.23. The fourth-order valence-electron chi connectivity index (χ4n) is 2.97. The van der Waals surface area contributed by atoms with Gasteiger partial charge in [0.1, 0.15) is 0 Å². The molecule has 0 bridgehead atoms. The molecule has 0 heterocycles. The molecule has 1 aliphatic carbocycles. The Kier molecular flexibility index (Phi) is 9.98. The van der Waals surface area contributed by atoms with Gasteiger partial charge in [-0.25, -0.2) is 0 Å². The van der Waals surface area contributed by atoms with Crippen molar-refractivity contribution in [3.05, 3.63) is 29.8 Å². The predicted octanol–water partition coefficient (Wildman–Crippen LogP) is 4.14. The normalized spacial score (nSPS) is 20.3. The standard InChI is InChI=1S/C20H32N4O.HI/c1-14(2)19(25)23-17-11-7-16(8-12-17)13-22-20(21-4)24-18-9-5-15(3)6-10-18;/h7-8,11-12,14-15,18H,5-6,9-10,13H2,1-4H3,(H,23,25)(H2,21,22,24);1H. The quantitative estimate of drug-likeness (QED) is 0.343. The van der Waals surface area contributed by atoms with Crippen LogP contribution in [0.3, 0.4) is 0 Å². The largest absolute Gasteiger partial charge is 0.354 e. The number of anilines is 1. The van der Waals surface area contributed by atoms with E-state index in [1.165, 1.54) is 25.7 Å². The zero-order chi connectivity index (χ0) is 18.2. The van der Waals surface area contributed by atoms with Gasteiger partial charge in [0, 0.05) is 31.2 Å². The van der Waals surface area contributed by atoms with Gasteiger partial charge in [-0.1, -0.05) is 32.9 Å². The molecule has 146 valence electrons. The van der Waals surface area contributed by atoms with Crippen LogP contribution in [0.25, 0.3) is 0 Å². The Morgan fingerprint density at radius 1 is 1.15 bits per heavy atom. The minimum absolute atomic E-state index is 0. The molecule has 0 atom stereocenters. The predicted molar refractivity (Wildman–Crippen MR) is 120 cm³/mol. The number of nitrogens with one attached hydrogen (secondary N) is 3. The summed E-state index contributed by atoms with van der Waals surface area (Å²) in [4.78, 5) is 16.0. The van der Waals surface area contributed by atoms with Crippen LogP contribution in [-0.4, -0.2) is 25.0 Å². The highest BCUT2D eigenvalue weighted by atomic mass is 127.